The Morgan fingerprint density at radius 1 is 1.36 bits per heavy atom. The number of hydrogen-bond donors (Lipinski definition) is 0. The SMILES string of the molecule is [CH2-]c1ccc2c(c1)OCC2.[W]. The molecule has 2 heteroatoms. The fourth-order valence-corrected chi connectivity index (χ4v) is 1.21. The summed E-state index contributed by atoms with van der Waals surface area (Å²) >= 11 is 0. The molecule has 11 heavy (non-hydrogen) atoms. The van der Waals surface area contributed by atoms with E-state index < -0.39 is 0 Å². The Morgan fingerprint density at radius 2 is 2.18 bits per heavy atom. The number of benzene rings is 1. The van der Waals surface area contributed by atoms with Crippen LogP contribution in [0.15, 0.2) is 18.2 Å². The van der Waals surface area contributed by atoms with Crippen LogP contribution in [0, 0.1) is 6.92 Å². The van der Waals surface area contributed by atoms with Crippen LogP contribution in [-0.4, -0.2) is 6.61 Å². The van der Waals surface area contributed by atoms with E-state index in [2.05, 4.69) is 13.0 Å². The largest absolute Gasteiger partial charge is 0.506 e. The molecule has 1 heterocycles. The van der Waals surface area contributed by atoms with Gasteiger partial charge in [-0.3, -0.25) is 0 Å². The first-order valence-electron chi connectivity index (χ1n) is 3.44. The fraction of sp³-hybridized carbons (Fsp3) is 0.222. The molecule has 0 atom stereocenters. The zero-order valence-corrected chi connectivity index (χ0v) is 9.10. The van der Waals surface area contributed by atoms with Crippen molar-refractivity contribution in [2.24, 2.45) is 0 Å². The van der Waals surface area contributed by atoms with Gasteiger partial charge in [-0.2, -0.15) is 18.6 Å². The molecule has 0 amide bonds. The summed E-state index contributed by atoms with van der Waals surface area (Å²) in [5.41, 5.74) is 2.34. The molecule has 1 aliphatic heterocycles. The second-order valence-electron chi connectivity index (χ2n) is 2.54. The molecule has 0 N–H and O–H groups in total. The maximum absolute atomic E-state index is 5.34. The summed E-state index contributed by atoms with van der Waals surface area (Å²) in [5, 5.41) is 0. The first kappa shape index (κ1) is 8.67. The predicted octanol–water partition coefficient (Wildman–Crippen LogP) is 1.80. The predicted molar refractivity (Wildman–Crippen MR) is 40.1 cm³/mol. The van der Waals surface area contributed by atoms with E-state index in [1.165, 1.54) is 5.56 Å². The van der Waals surface area contributed by atoms with Crippen LogP contribution in [0.25, 0.3) is 0 Å². The summed E-state index contributed by atoms with van der Waals surface area (Å²) < 4.78 is 5.34. The van der Waals surface area contributed by atoms with Gasteiger partial charge in [-0.25, -0.2) is 0 Å². The van der Waals surface area contributed by atoms with Crippen LogP contribution in [0.5, 0.6) is 5.75 Å². The van der Waals surface area contributed by atoms with Crippen molar-refractivity contribution in [1.82, 2.24) is 0 Å². The number of ether oxygens (including phenoxy) is 1. The summed E-state index contributed by atoms with van der Waals surface area (Å²) in [6.07, 6.45) is 1.05. The van der Waals surface area contributed by atoms with E-state index in [0.29, 0.717) is 0 Å². The molecule has 0 radical (unpaired) electrons. The number of fused-ring (bicyclic) bond motifs is 1. The Labute approximate surface area is 81.0 Å². The summed E-state index contributed by atoms with van der Waals surface area (Å²) in [4.78, 5) is 0. The molecule has 1 aromatic rings. The Balaban J connectivity index is 0.000000605. The van der Waals surface area contributed by atoms with Gasteiger partial charge in [0.25, 0.3) is 0 Å². The van der Waals surface area contributed by atoms with Crippen LogP contribution in [0.1, 0.15) is 11.1 Å². The van der Waals surface area contributed by atoms with E-state index in [1.807, 2.05) is 12.1 Å². The quantitative estimate of drug-likeness (QED) is 0.663. The van der Waals surface area contributed by atoms with Crippen molar-refractivity contribution < 1.29 is 25.8 Å². The van der Waals surface area contributed by atoms with Crippen LogP contribution < -0.4 is 4.74 Å². The number of hydrogen-bond acceptors (Lipinski definition) is 1. The molecule has 58 valence electrons. The van der Waals surface area contributed by atoms with Crippen molar-refractivity contribution in [1.29, 1.82) is 0 Å². The molecule has 0 fully saturated rings. The molecule has 1 aliphatic rings. The van der Waals surface area contributed by atoms with Crippen LogP contribution in [0.3, 0.4) is 0 Å². The molecule has 0 bridgehead atoms. The van der Waals surface area contributed by atoms with Gasteiger partial charge >= 0.3 is 0 Å². The van der Waals surface area contributed by atoms with Crippen molar-refractivity contribution >= 4 is 0 Å². The van der Waals surface area contributed by atoms with E-state index >= 15 is 0 Å². The second-order valence-corrected chi connectivity index (χ2v) is 2.54. The topological polar surface area (TPSA) is 9.23 Å². The average Bonchev–Trinajstić information content (AvgIpc) is 2.33. The molecule has 0 saturated carbocycles. The summed E-state index contributed by atoms with van der Waals surface area (Å²) in [7, 11) is 0. The van der Waals surface area contributed by atoms with E-state index in [0.717, 1.165) is 24.3 Å². The molecule has 2 rings (SSSR count). The van der Waals surface area contributed by atoms with Crippen LogP contribution >= 0.6 is 0 Å². The molecule has 0 aliphatic carbocycles. The van der Waals surface area contributed by atoms with Crippen molar-refractivity contribution in [3.63, 3.8) is 0 Å². The molecule has 0 unspecified atom stereocenters. The maximum atomic E-state index is 5.34. The van der Waals surface area contributed by atoms with Crippen molar-refractivity contribution in [3.05, 3.63) is 36.2 Å². The summed E-state index contributed by atoms with van der Waals surface area (Å²) in [6, 6.07) is 6.10. The second kappa shape index (κ2) is 3.32. The third-order valence-electron chi connectivity index (χ3n) is 1.76. The molecule has 1 aromatic carbocycles. The van der Waals surface area contributed by atoms with Gasteiger partial charge in [0.05, 0.1) is 12.4 Å². The van der Waals surface area contributed by atoms with Crippen molar-refractivity contribution in [3.8, 4) is 5.75 Å². The minimum absolute atomic E-state index is 0. The standard InChI is InChI=1S/C9H9O.W/c1-7-2-3-8-4-5-10-9(8)6-7;/h2-3,6H,1,4-5H2;/q-1;. The summed E-state index contributed by atoms with van der Waals surface area (Å²) in [5.74, 6) is 1.02. The van der Waals surface area contributed by atoms with Gasteiger partial charge in [0, 0.05) is 27.5 Å². The Morgan fingerprint density at radius 3 is 3.00 bits per heavy atom. The van der Waals surface area contributed by atoms with Gasteiger partial charge in [0.15, 0.2) is 0 Å². The number of rotatable bonds is 0. The Kier molecular flexibility index (Phi) is 2.61. The zero-order valence-electron chi connectivity index (χ0n) is 6.17. The van der Waals surface area contributed by atoms with E-state index in [-0.39, 0.29) is 21.1 Å². The van der Waals surface area contributed by atoms with Gasteiger partial charge in [-0.05, 0) is 5.56 Å². The first-order chi connectivity index (χ1) is 4.86. The normalized spacial score (nSPS) is 13.1. The fourth-order valence-electron chi connectivity index (χ4n) is 1.21. The molecule has 0 saturated heterocycles. The van der Waals surface area contributed by atoms with Gasteiger partial charge in [-0.15, -0.1) is 12.1 Å². The average molecular weight is 317 g/mol. The van der Waals surface area contributed by atoms with Gasteiger partial charge in [0.2, 0.25) is 0 Å². The molecular weight excluding hydrogens is 308 g/mol. The Bertz CT molecular complexity index is 258. The smallest absolute Gasteiger partial charge is 0.0907 e. The molecule has 1 nitrogen and oxygen atoms in total. The first-order valence-corrected chi connectivity index (χ1v) is 3.44. The molecule has 0 spiro atoms. The monoisotopic (exact) mass is 317 g/mol. The molecule has 0 aromatic heterocycles. The zero-order chi connectivity index (χ0) is 6.97. The molecular formula is C9H9OW-. The summed E-state index contributed by atoms with van der Waals surface area (Å²) in [6.45, 7) is 4.65. The van der Waals surface area contributed by atoms with E-state index in [4.69, 9.17) is 4.74 Å². The third kappa shape index (κ3) is 1.59. The minimum atomic E-state index is 0. The van der Waals surface area contributed by atoms with Gasteiger partial charge < -0.3 is 4.74 Å². The van der Waals surface area contributed by atoms with Gasteiger partial charge in [0.1, 0.15) is 0 Å². The van der Waals surface area contributed by atoms with Gasteiger partial charge in [-0.1, -0.05) is 0 Å². The third-order valence-corrected chi connectivity index (χ3v) is 1.76. The van der Waals surface area contributed by atoms with Crippen LogP contribution in [-0.2, 0) is 27.5 Å². The van der Waals surface area contributed by atoms with Crippen LogP contribution in [0.4, 0.5) is 0 Å². The van der Waals surface area contributed by atoms with E-state index in [1.54, 1.807) is 0 Å². The minimum Gasteiger partial charge on any atom is -0.506 e. The van der Waals surface area contributed by atoms with Crippen LogP contribution in [0.2, 0.25) is 0 Å². The van der Waals surface area contributed by atoms with Crippen molar-refractivity contribution in [2.75, 3.05) is 6.61 Å². The van der Waals surface area contributed by atoms with E-state index in [9.17, 15) is 0 Å². The Hall–Kier alpha value is -0.422. The maximum Gasteiger partial charge on any atom is 0.0907 e. The van der Waals surface area contributed by atoms with Crippen molar-refractivity contribution in [2.45, 2.75) is 6.42 Å².